The SMILES string of the molecule is CC(C)NCCCC(=O)NC(C)CCCC(=O)O. The molecule has 1 unspecified atom stereocenters. The van der Waals surface area contributed by atoms with Crippen LogP contribution in [0.5, 0.6) is 0 Å². The summed E-state index contributed by atoms with van der Waals surface area (Å²) in [6.07, 6.45) is 2.82. The van der Waals surface area contributed by atoms with Crippen molar-refractivity contribution < 1.29 is 14.7 Å². The average molecular weight is 258 g/mol. The van der Waals surface area contributed by atoms with Crippen LogP contribution in [-0.2, 0) is 9.59 Å². The first-order valence-electron chi connectivity index (χ1n) is 6.66. The first kappa shape index (κ1) is 16.9. The molecule has 0 saturated carbocycles. The minimum Gasteiger partial charge on any atom is -0.481 e. The van der Waals surface area contributed by atoms with E-state index in [1.54, 1.807) is 0 Å². The molecule has 3 N–H and O–H groups in total. The van der Waals surface area contributed by atoms with Gasteiger partial charge in [-0.25, -0.2) is 0 Å². The summed E-state index contributed by atoms with van der Waals surface area (Å²) in [4.78, 5) is 21.9. The minimum absolute atomic E-state index is 0.0448. The molecule has 0 aromatic rings. The second-order valence-electron chi connectivity index (χ2n) is 4.97. The van der Waals surface area contributed by atoms with Gasteiger partial charge in [-0.05, 0) is 32.7 Å². The fourth-order valence-electron chi connectivity index (χ4n) is 1.62. The topological polar surface area (TPSA) is 78.4 Å². The molecular formula is C13H26N2O3. The second-order valence-corrected chi connectivity index (χ2v) is 4.97. The van der Waals surface area contributed by atoms with E-state index in [1.807, 2.05) is 6.92 Å². The zero-order valence-electron chi connectivity index (χ0n) is 11.7. The zero-order chi connectivity index (χ0) is 14.0. The van der Waals surface area contributed by atoms with Gasteiger partial charge in [-0.3, -0.25) is 9.59 Å². The first-order valence-corrected chi connectivity index (χ1v) is 6.66. The Kier molecular flexibility index (Phi) is 9.28. The number of rotatable bonds is 10. The summed E-state index contributed by atoms with van der Waals surface area (Å²) in [6, 6.07) is 0.498. The normalized spacial score (nSPS) is 12.4. The van der Waals surface area contributed by atoms with E-state index in [0.717, 1.165) is 13.0 Å². The van der Waals surface area contributed by atoms with Gasteiger partial charge in [0.05, 0.1) is 0 Å². The fraction of sp³-hybridized carbons (Fsp3) is 0.846. The molecular weight excluding hydrogens is 232 g/mol. The van der Waals surface area contributed by atoms with Gasteiger partial charge in [0.2, 0.25) is 5.91 Å². The van der Waals surface area contributed by atoms with Crippen LogP contribution in [-0.4, -0.2) is 35.6 Å². The van der Waals surface area contributed by atoms with E-state index in [0.29, 0.717) is 25.3 Å². The Morgan fingerprint density at radius 2 is 1.78 bits per heavy atom. The molecule has 0 bridgehead atoms. The van der Waals surface area contributed by atoms with Crippen molar-refractivity contribution in [3.63, 3.8) is 0 Å². The molecule has 0 aromatic carbocycles. The molecule has 106 valence electrons. The van der Waals surface area contributed by atoms with Crippen molar-refractivity contribution in [2.24, 2.45) is 0 Å². The maximum atomic E-state index is 11.5. The van der Waals surface area contributed by atoms with Gasteiger partial charge in [-0.15, -0.1) is 0 Å². The molecule has 0 rings (SSSR count). The number of hydrogen-bond acceptors (Lipinski definition) is 3. The highest BCUT2D eigenvalue weighted by molar-refractivity contribution is 5.76. The third-order valence-electron chi connectivity index (χ3n) is 2.57. The Morgan fingerprint density at radius 1 is 1.11 bits per heavy atom. The molecule has 0 fully saturated rings. The number of carboxylic acids is 1. The number of aliphatic carboxylic acids is 1. The third kappa shape index (κ3) is 11.4. The molecule has 1 atom stereocenters. The van der Waals surface area contributed by atoms with Crippen LogP contribution in [0, 0.1) is 0 Å². The lowest BCUT2D eigenvalue weighted by molar-refractivity contribution is -0.137. The van der Waals surface area contributed by atoms with Crippen molar-refractivity contribution in [3.05, 3.63) is 0 Å². The van der Waals surface area contributed by atoms with Gasteiger partial charge in [0.25, 0.3) is 0 Å². The van der Waals surface area contributed by atoms with Crippen LogP contribution in [0.2, 0.25) is 0 Å². The van der Waals surface area contributed by atoms with E-state index < -0.39 is 5.97 Å². The van der Waals surface area contributed by atoms with E-state index in [4.69, 9.17) is 5.11 Å². The monoisotopic (exact) mass is 258 g/mol. The van der Waals surface area contributed by atoms with Crippen LogP contribution in [0.3, 0.4) is 0 Å². The van der Waals surface area contributed by atoms with E-state index >= 15 is 0 Å². The molecule has 18 heavy (non-hydrogen) atoms. The highest BCUT2D eigenvalue weighted by Gasteiger charge is 2.08. The van der Waals surface area contributed by atoms with Crippen LogP contribution in [0.15, 0.2) is 0 Å². The predicted octanol–water partition coefficient (Wildman–Crippen LogP) is 1.52. The zero-order valence-corrected chi connectivity index (χ0v) is 11.7. The number of carbonyl (C=O) groups excluding carboxylic acids is 1. The molecule has 5 heteroatoms. The average Bonchev–Trinajstić information content (AvgIpc) is 2.23. The summed E-state index contributed by atoms with van der Waals surface area (Å²) < 4.78 is 0. The summed E-state index contributed by atoms with van der Waals surface area (Å²) >= 11 is 0. The summed E-state index contributed by atoms with van der Waals surface area (Å²) in [5.41, 5.74) is 0. The van der Waals surface area contributed by atoms with Gasteiger partial charge in [-0.2, -0.15) is 0 Å². The van der Waals surface area contributed by atoms with Crippen molar-refractivity contribution in [1.29, 1.82) is 0 Å². The van der Waals surface area contributed by atoms with Crippen LogP contribution in [0.1, 0.15) is 52.9 Å². The third-order valence-corrected chi connectivity index (χ3v) is 2.57. The Labute approximate surface area is 109 Å². The van der Waals surface area contributed by atoms with Gasteiger partial charge in [0.15, 0.2) is 0 Å². The maximum absolute atomic E-state index is 11.5. The molecule has 0 heterocycles. The van der Waals surface area contributed by atoms with E-state index in [9.17, 15) is 9.59 Å². The standard InChI is InChI=1S/C13H26N2O3/c1-10(2)14-9-5-7-12(16)15-11(3)6-4-8-13(17)18/h10-11,14H,4-9H2,1-3H3,(H,15,16)(H,17,18). The van der Waals surface area contributed by atoms with Crippen molar-refractivity contribution >= 4 is 11.9 Å². The molecule has 0 aliphatic rings. The van der Waals surface area contributed by atoms with Crippen molar-refractivity contribution in [2.45, 2.75) is 65.0 Å². The first-order chi connectivity index (χ1) is 8.41. The van der Waals surface area contributed by atoms with Crippen molar-refractivity contribution in [3.8, 4) is 0 Å². The van der Waals surface area contributed by atoms with Crippen LogP contribution in [0.4, 0.5) is 0 Å². The lowest BCUT2D eigenvalue weighted by Gasteiger charge is -2.13. The van der Waals surface area contributed by atoms with Crippen molar-refractivity contribution in [1.82, 2.24) is 10.6 Å². The molecule has 0 saturated heterocycles. The molecule has 0 spiro atoms. The van der Waals surface area contributed by atoms with Gasteiger partial charge in [0.1, 0.15) is 0 Å². The molecule has 0 aliphatic heterocycles. The number of carboxylic acid groups (broad SMARTS) is 1. The van der Waals surface area contributed by atoms with Gasteiger partial charge in [-0.1, -0.05) is 13.8 Å². The number of nitrogens with one attached hydrogen (secondary N) is 2. The largest absolute Gasteiger partial charge is 0.481 e. The van der Waals surface area contributed by atoms with Gasteiger partial charge in [0, 0.05) is 24.9 Å². The van der Waals surface area contributed by atoms with Crippen LogP contribution >= 0.6 is 0 Å². The number of amides is 1. The highest BCUT2D eigenvalue weighted by atomic mass is 16.4. The van der Waals surface area contributed by atoms with Crippen LogP contribution in [0.25, 0.3) is 0 Å². The molecule has 0 aromatic heterocycles. The Morgan fingerprint density at radius 3 is 2.33 bits per heavy atom. The maximum Gasteiger partial charge on any atom is 0.303 e. The van der Waals surface area contributed by atoms with Crippen LogP contribution < -0.4 is 10.6 Å². The minimum atomic E-state index is -0.784. The highest BCUT2D eigenvalue weighted by Crippen LogP contribution is 2.01. The molecule has 0 aliphatic carbocycles. The molecule has 0 radical (unpaired) electrons. The van der Waals surface area contributed by atoms with E-state index in [2.05, 4.69) is 24.5 Å². The predicted molar refractivity (Wildman–Crippen MR) is 71.5 cm³/mol. The molecule has 1 amide bonds. The molecule has 5 nitrogen and oxygen atoms in total. The lowest BCUT2D eigenvalue weighted by atomic mass is 10.1. The van der Waals surface area contributed by atoms with E-state index in [1.165, 1.54) is 0 Å². The second kappa shape index (κ2) is 9.88. The van der Waals surface area contributed by atoms with E-state index in [-0.39, 0.29) is 18.4 Å². The summed E-state index contributed by atoms with van der Waals surface area (Å²) in [5.74, 6) is -0.739. The van der Waals surface area contributed by atoms with Gasteiger partial charge < -0.3 is 15.7 Å². The number of carbonyl (C=O) groups is 2. The Bertz CT molecular complexity index is 255. The summed E-state index contributed by atoms with van der Waals surface area (Å²) in [6.45, 7) is 6.90. The lowest BCUT2D eigenvalue weighted by Crippen LogP contribution is -2.33. The summed E-state index contributed by atoms with van der Waals surface area (Å²) in [7, 11) is 0. The Hall–Kier alpha value is -1.10. The summed E-state index contributed by atoms with van der Waals surface area (Å²) in [5, 5.41) is 14.6. The number of hydrogen-bond donors (Lipinski definition) is 3. The fourth-order valence-corrected chi connectivity index (χ4v) is 1.62. The smallest absolute Gasteiger partial charge is 0.303 e. The quantitative estimate of drug-likeness (QED) is 0.519. The van der Waals surface area contributed by atoms with Gasteiger partial charge >= 0.3 is 5.97 Å². The van der Waals surface area contributed by atoms with Crippen molar-refractivity contribution in [2.75, 3.05) is 6.54 Å². The Balaban J connectivity index is 3.52.